The van der Waals surface area contributed by atoms with Crippen molar-refractivity contribution in [1.82, 2.24) is 0 Å². The predicted octanol–water partition coefficient (Wildman–Crippen LogP) is 2.58. The molecule has 3 N–H and O–H groups in total. The van der Waals surface area contributed by atoms with Crippen molar-refractivity contribution in [2.45, 2.75) is 11.2 Å². The molecule has 6 heteroatoms. The fraction of sp³-hybridized carbons (Fsp3) is 0.300. The summed E-state index contributed by atoms with van der Waals surface area (Å²) < 4.78 is 0. The van der Waals surface area contributed by atoms with Crippen LogP contribution in [0.1, 0.15) is 6.42 Å². The lowest BCUT2D eigenvalue weighted by Gasteiger charge is -2.10. The summed E-state index contributed by atoms with van der Waals surface area (Å²) in [5.41, 5.74) is 0.444. The minimum atomic E-state index is -0.289. The second-order valence-corrected chi connectivity index (χ2v) is 5.04. The van der Waals surface area contributed by atoms with Crippen molar-refractivity contribution in [3.63, 3.8) is 0 Å². The number of hydrogen-bond donors (Lipinski definition) is 3. The van der Waals surface area contributed by atoms with Crippen LogP contribution in [0.15, 0.2) is 18.2 Å². The van der Waals surface area contributed by atoms with Crippen LogP contribution in [-0.2, 0) is 4.79 Å². The molecular weight excluding hydrogens is 342 g/mol. The molecular formula is C10H11Br2NO3. The molecule has 1 atom stereocenters. The van der Waals surface area contributed by atoms with Crippen LogP contribution in [0.3, 0.4) is 0 Å². The first kappa shape index (κ1) is 13.3. The zero-order valence-corrected chi connectivity index (χ0v) is 11.5. The van der Waals surface area contributed by atoms with Gasteiger partial charge in [0.05, 0.1) is 4.83 Å². The van der Waals surface area contributed by atoms with E-state index in [1.54, 1.807) is 0 Å². The topological polar surface area (TPSA) is 69.6 Å². The van der Waals surface area contributed by atoms with Crippen LogP contribution in [0, 0.1) is 0 Å². The first-order valence-electron chi connectivity index (χ1n) is 4.57. The van der Waals surface area contributed by atoms with Gasteiger partial charge < -0.3 is 15.5 Å². The summed E-state index contributed by atoms with van der Waals surface area (Å²) in [5.74, 6) is -0.664. The number of hydrogen-bond acceptors (Lipinski definition) is 3. The lowest BCUT2D eigenvalue weighted by Crippen LogP contribution is -2.22. The highest BCUT2D eigenvalue weighted by atomic mass is 79.9. The number of anilines is 1. The Bertz CT molecular complexity index is 384. The molecule has 1 amide bonds. The Labute approximate surface area is 110 Å². The number of phenolic OH excluding ortho intramolecular Hbond substituents is 2. The molecule has 0 radical (unpaired) electrons. The summed E-state index contributed by atoms with van der Waals surface area (Å²) in [6.07, 6.45) is 0.663. The van der Waals surface area contributed by atoms with Crippen LogP contribution in [0.5, 0.6) is 11.5 Å². The molecule has 88 valence electrons. The molecule has 1 unspecified atom stereocenters. The number of halogens is 2. The number of carbonyl (C=O) groups is 1. The molecule has 0 saturated heterocycles. The molecule has 0 spiro atoms. The van der Waals surface area contributed by atoms with E-state index in [4.69, 9.17) is 5.11 Å². The predicted molar refractivity (Wildman–Crippen MR) is 69.5 cm³/mol. The van der Waals surface area contributed by atoms with E-state index in [2.05, 4.69) is 37.2 Å². The van der Waals surface area contributed by atoms with Gasteiger partial charge in [0.2, 0.25) is 5.91 Å². The molecule has 16 heavy (non-hydrogen) atoms. The second-order valence-electron chi connectivity index (χ2n) is 3.14. The zero-order valence-electron chi connectivity index (χ0n) is 8.28. The number of amides is 1. The lowest BCUT2D eigenvalue weighted by atomic mass is 10.2. The number of nitrogens with one attached hydrogen (secondary N) is 1. The molecule has 1 rings (SSSR count). The fourth-order valence-electron chi connectivity index (χ4n) is 1.05. The molecule has 0 bridgehead atoms. The van der Waals surface area contributed by atoms with Crippen molar-refractivity contribution in [2.24, 2.45) is 0 Å². The molecule has 0 aliphatic heterocycles. The largest absolute Gasteiger partial charge is 0.504 e. The first-order chi connectivity index (χ1) is 7.54. The molecule has 4 nitrogen and oxygen atoms in total. The van der Waals surface area contributed by atoms with Crippen molar-refractivity contribution in [3.05, 3.63) is 18.2 Å². The molecule has 0 heterocycles. The molecule has 0 aliphatic carbocycles. The smallest absolute Gasteiger partial charge is 0.238 e. The van der Waals surface area contributed by atoms with Crippen LogP contribution in [0.4, 0.5) is 5.69 Å². The van der Waals surface area contributed by atoms with Gasteiger partial charge in [0, 0.05) is 17.1 Å². The summed E-state index contributed by atoms with van der Waals surface area (Å²) >= 11 is 6.48. The zero-order chi connectivity index (χ0) is 12.1. The Balaban J connectivity index is 2.66. The van der Waals surface area contributed by atoms with E-state index in [1.807, 2.05) is 0 Å². The van der Waals surface area contributed by atoms with Crippen molar-refractivity contribution in [3.8, 4) is 11.5 Å². The van der Waals surface area contributed by atoms with Gasteiger partial charge in [-0.05, 0) is 18.6 Å². The summed E-state index contributed by atoms with van der Waals surface area (Å²) in [7, 11) is 0. The maximum Gasteiger partial charge on any atom is 0.238 e. The van der Waals surface area contributed by atoms with Gasteiger partial charge in [-0.3, -0.25) is 4.79 Å². The Kier molecular flexibility index (Phi) is 5.08. The Morgan fingerprint density at radius 2 is 2.06 bits per heavy atom. The molecule has 0 fully saturated rings. The van der Waals surface area contributed by atoms with Crippen LogP contribution >= 0.6 is 31.9 Å². The lowest BCUT2D eigenvalue weighted by molar-refractivity contribution is -0.115. The Morgan fingerprint density at radius 3 is 2.62 bits per heavy atom. The average Bonchev–Trinajstić information content (AvgIpc) is 2.24. The minimum Gasteiger partial charge on any atom is -0.504 e. The monoisotopic (exact) mass is 351 g/mol. The molecule has 1 aromatic carbocycles. The number of rotatable bonds is 4. The van der Waals surface area contributed by atoms with E-state index in [-0.39, 0.29) is 22.2 Å². The van der Waals surface area contributed by atoms with Gasteiger partial charge in [0.15, 0.2) is 11.5 Å². The normalized spacial score (nSPS) is 12.1. The SMILES string of the molecule is O=C(Nc1ccc(O)c(O)c1)C(Br)CCBr. The molecule has 0 aromatic heterocycles. The second kappa shape index (κ2) is 6.10. The van der Waals surface area contributed by atoms with Gasteiger partial charge in [0.1, 0.15) is 0 Å². The first-order valence-corrected chi connectivity index (χ1v) is 6.61. The number of carbonyl (C=O) groups excluding carboxylic acids is 1. The van der Waals surface area contributed by atoms with Crippen LogP contribution in [0.25, 0.3) is 0 Å². The van der Waals surface area contributed by atoms with Gasteiger partial charge in [-0.2, -0.15) is 0 Å². The summed E-state index contributed by atoms with van der Waals surface area (Å²) in [4.78, 5) is 11.3. The third kappa shape index (κ3) is 3.68. The number of alkyl halides is 2. The van der Waals surface area contributed by atoms with Crippen LogP contribution in [0.2, 0.25) is 0 Å². The third-order valence-corrected chi connectivity index (χ3v) is 3.22. The molecule has 1 aromatic rings. The van der Waals surface area contributed by atoms with Crippen LogP contribution in [-0.4, -0.2) is 26.3 Å². The average molecular weight is 353 g/mol. The highest BCUT2D eigenvalue weighted by Crippen LogP contribution is 2.27. The number of benzene rings is 1. The molecule has 0 aliphatic rings. The van der Waals surface area contributed by atoms with E-state index in [0.29, 0.717) is 12.1 Å². The van der Waals surface area contributed by atoms with Gasteiger partial charge in [-0.25, -0.2) is 0 Å². The quantitative estimate of drug-likeness (QED) is 0.443. The fourth-order valence-corrected chi connectivity index (χ4v) is 2.46. The summed E-state index contributed by atoms with van der Waals surface area (Å²) in [5, 5.41) is 21.7. The highest BCUT2D eigenvalue weighted by Gasteiger charge is 2.14. The van der Waals surface area contributed by atoms with Crippen molar-refractivity contribution in [1.29, 1.82) is 0 Å². The van der Waals surface area contributed by atoms with E-state index < -0.39 is 0 Å². The molecule has 0 saturated carbocycles. The van der Waals surface area contributed by atoms with Crippen molar-refractivity contribution in [2.75, 3.05) is 10.6 Å². The Morgan fingerprint density at radius 1 is 1.38 bits per heavy atom. The third-order valence-electron chi connectivity index (χ3n) is 1.89. The van der Waals surface area contributed by atoms with E-state index in [1.165, 1.54) is 18.2 Å². The highest BCUT2D eigenvalue weighted by molar-refractivity contribution is 9.10. The van der Waals surface area contributed by atoms with Gasteiger partial charge in [-0.1, -0.05) is 31.9 Å². The van der Waals surface area contributed by atoms with E-state index >= 15 is 0 Å². The maximum absolute atomic E-state index is 11.6. The number of aromatic hydroxyl groups is 2. The van der Waals surface area contributed by atoms with Crippen molar-refractivity contribution >= 4 is 43.5 Å². The standard InChI is InChI=1S/C10H11Br2NO3/c11-4-3-7(12)10(16)13-6-1-2-8(14)9(15)5-6/h1-2,5,7,14-15H,3-4H2,(H,13,16). The Hall–Kier alpha value is -0.750. The summed E-state index contributed by atoms with van der Waals surface area (Å²) in [6, 6.07) is 4.13. The number of phenols is 2. The summed E-state index contributed by atoms with van der Waals surface area (Å²) in [6.45, 7) is 0. The minimum absolute atomic E-state index is 0.190. The van der Waals surface area contributed by atoms with E-state index in [0.717, 1.165) is 5.33 Å². The van der Waals surface area contributed by atoms with Gasteiger partial charge in [-0.15, -0.1) is 0 Å². The van der Waals surface area contributed by atoms with Gasteiger partial charge >= 0.3 is 0 Å². The van der Waals surface area contributed by atoms with E-state index in [9.17, 15) is 9.90 Å². The van der Waals surface area contributed by atoms with Crippen LogP contribution < -0.4 is 5.32 Å². The van der Waals surface area contributed by atoms with Crippen molar-refractivity contribution < 1.29 is 15.0 Å². The maximum atomic E-state index is 11.6. The van der Waals surface area contributed by atoms with Gasteiger partial charge in [0.25, 0.3) is 0 Å².